The molecule has 1 unspecified atom stereocenters. The zero-order chi connectivity index (χ0) is 17.5. The van der Waals surface area contributed by atoms with E-state index in [2.05, 4.69) is 44.3 Å². The largest absolute Gasteiger partial charge is 0.374 e. The minimum absolute atomic E-state index is 0. The first-order valence-electron chi connectivity index (χ1n) is 8.64. The molecule has 2 rings (SSSR count). The van der Waals surface area contributed by atoms with Crippen LogP contribution in [0.4, 0.5) is 0 Å². The number of rotatable bonds is 6. The number of ether oxygens (including phenoxy) is 1. The summed E-state index contributed by atoms with van der Waals surface area (Å²) in [5.41, 5.74) is 1.08. The molecule has 2 heterocycles. The van der Waals surface area contributed by atoms with Gasteiger partial charge in [-0.15, -0.1) is 35.3 Å². The number of aromatic nitrogens is 1. The summed E-state index contributed by atoms with van der Waals surface area (Å²) in [4.78, 5) is 13.5. The van der Waals surface area contributed by atoms with Crippen molar-refractivity contribution in [3.63, 3.8) is 0 Å². The summed E-state index contributed by atoms with van der Waals surface area (Å²) in [7, 11) is 3.86. The summed E-state index contributed by atoms with van der Waals surface area (Å²) in [5.74, 6) is 1.57. The molecule has 0 aromatic carbocycles. The second-order valence-corrected chi connectivity index (χ2v) is 7.85. The molecule has 0 spiro atoms. The van der Waals surface area contributed by atoms with Crippen LogP contribution in [0.5, 0.6) is 0 Å². The quantitative estimate of drug-likeness (QED) is 0.385. The van der Waals surface area contributed by atoms with Gasteiger partial charge in [0.2, 0.25) is 0 Å². The van der Waals surface area contributed by atoms with Crippen LogP contribution in [0.25, 0.3) is 0 Å². The van der Waals surface area contributed by atoms with Gasteiger partial charge in [0.1, 0.15) is 0 Å². The van der Waals surface area contributed by atoms with Crippen molar-refractivity contribution in [1.29, 1.82) is 0 Å². The van der Waals surface area contributed by atoms with Gasteiger partial charge < -0.3 is 15.0 Å². The van der Waals surface area contributed by atoms with Gasteiger partial charge in [-0.1, -0.05) is 13.8 Å². The van der Waals surface area contributed by atoms with Gasteiger partial charge in [0, 0.05) is 45.7 Å². The number of hydrogen-bond donors (Lipinski definition) is 1. The number of aliphatic imine (C=N–C) groups is 1. The Morgan fingerprint density at radius 3 is 2.92 bits per heavy atom. The lowest BCUT2D eigenvalue weighted by Crippen LogP contribution is -2.50. The third-order valence-corrected chi connectivity index (χ3v) is 4.80. The molecular formula is C17H32IN5OS. The molecule has 1 atom stereocenters. The number of hydrogen-bond acceptors (Lipinski definition) is 5. The molecule has 1 fully saturated rings. The average molecular weight is 481 g/mol. The third-order valence-electron chi connectivity index (χ3n) is 3.97. The fourth-order valence-corrected chi connectivity index (χ4v) is 3.58. The Bertz CT molecular complexity index is 537. The summed E-state index contributed by atoms with van der Waals surface area (Å²) < 4.78 is 5.90. The van der Waals surface area contributed by atoms with E-state index in [0.717, 1.165) is 56.0 Å². The molecule has 0 aliphatic carbocycles. The van der Waals surface area contributed by atoms with Crippen molar-refractivity contribution < 1.29 is 4.74 Å². The SMILES string of the molecule is CN=C(NCC1CN(CC(C)C)CCO1)N(C)Cc1csc(C)n1.I. The first-order chi connectivity index (χ1) is 11.5. The third kappa shape index (κ3) is 7.76. The van der Waals surface area contributed by atoms with Crippen LogP contribution in [0.2, 0.25) is 0 Å². The Hall–Kier alpha value is -0.450. The van der Waals surface area contributed by atoms with Crippen LogP contribution in [0.1, 0.15) is 24.5 Å². The Morgan fingerprint density at radius 1 is 1.56 bits per heavy atom. The second-order valence-electron chi connectivity index (χ2n) is 6.79. The topological polar surface area (TPSA) is 53.0 Å². The van der Waals surface area contributed by atoms with Gasteiger partial charge in [0.15, 0.2) is 5.96 Å². The van der Waals surface area contributed by atoms with Crippen LogP contribution in [0.15, 0.2) is 10.4 Å². The maximum absolute atomic E-state index is 5.90. The lowest BCUT2D eigenvalue weighted by molar-refractivity contribution is -0.0286. The highest BCUT2D eigenvalue weighted by Gasteiger charge is 2.21. The van der Waals surface area contributed by atoms with Gasteiger partial charge in [0.05, 0.1) is 30.0 Å². The number of halogens is 1. The predicted molar refractivity (Wildman–Crippen MR) is 116 cm³/mol. The number of nitrogens with zero attached hydrogens (tertiary/aromatic N) is 4. The van der Waals surface area contributed by atoms with Crippen molar-refractivity contribution in [3.05, 3.63) is 16.1 Å². The van der Waals surface area contributed by atoms with E-state index < -0.39 is 0 Å². The predicted octanol–water partition coefficient (Wildman–Crippen LogP) is 2.43. The highest BCUT2D eigenvalue weighted by atomic mass is 127. The zero-order valence-electron chi connectivity index (χ0n) is 16.0. The van der Waals surface area contributed by atoms with Crippen molar-refractivity contribution in [3.8, 4) is 0 Å². The van der Waals surface area contributed by atoms with Crippen molar-refractivity contribution in [1.82, 2.24) is 20.1 Å². The van der Waals surface area contributed by atoms with E-state index in [0.29, 0.717) is 5.92 Å². The standard InChI is InChI=1S/C17H31N5OS.HI/c1-13(2)9-22-6-7-23-16(11-22)8-19-17(18-4)21(5)10-15-12-24-14(3)20-15;/h12-13,16H,6-11H2,1-5H3,(H,18,19);1H. The highest BCUT2D eigenvalue weighted by molar-refractivity contribution is 14.0. The first-order valence-corrected chi connectivity index (χ1v) is 9.52. The molecule has 1 aromatic heterocycles. The van der Waals surface area contributed by atoms with E-state index in [1.54, 1.807) is 11.3 Å². The molecule has 6 nitrogen and oxygen atoms in total. The van der Waals surface area contributed by atoms with E-state index in [1.165, 1.54) is 0 Å². The molecule has 0 radical (unpaired) electrons. The molecule has 1 aliphatic rings. The maximum atomic E-state index is 5.90. The molecule has 1 N–H and O–H groups in total. The monoisotopic (exact) mass is 481 g/mol. The van der Waals surface area contributed by atoms with Crippen LogP contribution in [0, 0.1) is 12.8 Å². The zero-order valence-corrected chi connectivity index (χ0v) is 19.1. The summed E-state index contributed by atoms with van der Waals surface area (Å²) in [6.45, 7) is 12.1. The van der Waals surface area contributed by atoms with Crippen molar-refractivity contribution in [2.75, 3.05) is 46.9 Å². The Kier molecular flexibility index (Phi) is 10.2. The molecule has 8 heteroatoms. The minimum atomic E-state index is 0. The average Bonchev–Trinajstić information content (AvgIpc) is 2.92. The number of thiazole rings is 1. The molecular weight excluding hydrogens is 449 g/mol. The lowest BCUT2D eigenvalue weighted by atomic mass is 10.2. The van der Waals surface area contributed by atoms with Crippen LogP contribution < -0.4 is 5.32 Å². The number of morpholine rings is 1. The van der Waals surface area contributed by atoms with Gasteiger partial charge in [-0.25, -0.2) is 4.98 Å². The molecule has 1 aliphatic heterocycles. The van der Waals surface area contributed by atoms with Crippen LogP contribution >= 0.6 is 35.3 Å². The van der Waals surface area contributed by atoms with E-state index >= 15 is 0 Å². The van der Waals surface area contributed by atoms with E-state index in [9.17, 15) is 0 Å². The van der Waals surface area contributed by atoms with Gasteiger partial charge in [-0.3, -0.25) is 9.89 Å². The number of guanidine groups is 1. The van der Waals surface area contributed by atoms with Gasteiger partial charge in [0.25, 0.3) is 0 Å². The summed E-state index contributed by atoms with van der Waals surface area (Å²) >= 11 is 1.68. The molecule has 1 aromatic rings. The van der Waals surface area contributed by atoms with Crippen molar-refractivity contribution >= 4 is 41.3 Å². The molecule has 0 bridgehead atoms. The molecule has 25 heavy (non-hydrogen) atoms. The number of nitrogens with one attached hydrogen (secondary N) is 1. The van der Waals surface area contributed by atoms with Gasteiger partial charge in [-0.05, 0) is 12.8 Å². The molecule has 144 valence electrons. The summed E-state index contributed by atoms with van der Waals surface area (Å²) in [5, 5.41) is 6.64. The van der Waals surface area contributed by atoms with Crippen LogP contribution in [-0.2, 0) is 11.3 Å². The van der Waals surface area contributed by atoms with E-state index in [1.807, 2.05) is 21.0 Å². The lowest BCUT2D eigenvalue weighted by Gasteiger charge is -2.34. The highest BCUT2D eigenvalue weighted by Crippen LogP contribution is 2.10. The normalized spacial score (nSPS) is 19.0. The Balaban J connectivity index is 0.00000312. The van der Waals surface area contributed by atoms with E-state index in [4.69, 9.17) is 4.74 Å². The van der Waals surface area contributed by atoms with Crippen LogP contribution in [0.3, 0.4) is 0 Å². The number of aryl methyl sites for hydroxylation is 1. The molecule has 1 saturated heterocycles. The minimum Gasteiger partial charge on any atom is -0.374 e. The smallest absolute Gasteiger partial charge is 0.193 e. The van der Waals surface area contributed by atoms with Crippen molar-refractivity contribution in [2.24, 2.45) is 10.9 Å². The molecule has 0 saturated carbocycles. The Morgan fingerprint density at radius 2 is 2.32 bits per heavy atom. The summed E-state index contributed by atoms with van der Waals surface area (Å²) in [6, 6.07) is 0. The van der Waals surface area contributed by atoms with Crippen molar-refractivity contribution in [2.45, 2.75) is 33.4 Å². The Labute approximate surface area is 173 Å². The fourth-order valence-electron chi connectivity index (χ4n) is 2.97. The van der Waals surface area contributed by atoms with Crippen LogP contribution in [-0.4, -0.2) is 73.7 Å². The van der Waals surface area contributed by atoms with Gasteiger partial charge in [-0.2, -0.15) is 0 Å². The van der Waals surface area contributed by atoms with E-state index in [-0.39, 0.29) is 30.1 Å². The maximum Gasteiger partial charge on any atom is 0.193 e. The second kappa shape index (κ2) is 11.3. The first kappa shape index (κ1) is 22.6. The summed E-state index contributed by atoms with van der Waals surface area (Å²) in [6.07, 6.45) is 0.212. The van der Waals surface area contributed by atoms with Gasteiger partial charge >= 0.3 is 0 Å². The fraction of sp³-hybridized carbons (Fsp3) is 0.765. The molecule has 0 amide bonds.